The van der Waals surface area contributed by atoms with Crippen molar-refractivity contribution in [1.82, 2.24) is 20.8 Å². The minimum Gasteiger partial charge on any atom is -0.388 e. The fourth-order valence-electron chi connectivity index (χ4n) is 2.25. The molecule has 0 saturated carbocycles. The maximum atomic E-state index is 12.0. The minimum atomic E-state index is -0.982. The molecule has 8 nitrogen and oxygen atoms in total. The van der Waals surface area contributed by atoms with E-state index >= 15 is 0 Å². The van der Waals surface area contributed by atoms with E-state index in [0.717, 1.165) is 0 Å². The zero-order chi connectivity index (χ0) is 18.8. The van der Waals surface area contributed by atoms with Crippen LogP contribution in [0.5, 0.6) is 0 Å². The first-order valence-electron chi connectivity index (χ1n) is 8.30. The summed E-state index contributed by atoms with van der Waals surface area (Å²) >= 11 is 0. The normalized spacial score (nSPS) is 12.8. The molecule has 2 amide bonds. The second-order valence-electron chi connectivity index (χ2n) is 5.46. The van der Waals surface area contributed by atoms with Crippen LogP contribution < -0.4 is 10.6 Å². The molecule has 0 bridgehead atoms. The van der Waals surface area contributed by atoms with Crippen LogP contribution in [0.1, 0.15) is 27.8 Å². The number of ether oxygens (including phenoxy) is 1. The Kier molecular flexibility index (Phi) is 7.66. The van der Waals surface area contributed by atoms with Crippen LogP contribution in [0, 0.1) is 0 Å². The second-order valence-corrected chi connectivity index (χ2v) is 5.46. The summed E-state index contributed by atoms with van der Waals surface area (Å²) in [5.41, 5.74) is 0.679. The van der Waals surface area contributed by atoms with E-state index in [1.54, 1.807) is 37.3 Å². The van der Waals surface area contributed by atoms with Gasteiger partial charge >= 0.3 is 0 Å². The van der Waals surface area contributed by atoms with Crippen LogP contribution in [0.3, 0.4) is 0 Å². The quantitative estimate of drug-likeness (QED) is 0.598. The molecule has 2 rings (SSSR count). The number of carbonyl (C=O) groups excluding carboxylic acids is 2. The molecule has 26 heavy (non-hydrogen) atoms. The molecule has 0 radical (unpaired) electrons. The molecular formula is C18H22N4O4. The minimum absolute atomic E-state index is 0.000588. The molecule has 0 saturated heterocycles. The zero-order valence-electron chi connectivity index (χ0n) is 14.5. The molecule has 0 spiro atoms. The van der Waals surface area contributed by atoms with E-state index in [1.807, 2.05) is 6.07 Å². The summed E-state index contributed by atoms with van der Waals surface area (Å²) in [6.45, 7) is 2.22. The number of nitrogens with one attached hydrogen (secondary N) is 2. The van der Waals surface area contributed by atoms with E-state index in [4.69, 9.17) is 4.74 Å². The van der Waals surface area contributed by atoms with E-state index in [0.29, 0.717) is 12.2 Å². The number of nitrogens with zero attached hydrogens (tertiary/aromatic N) is 2. The maximum absolute atomic E-state index is 12.0. The van der Waals surface area contributed by atoms with Crippen molar-refractivity contribution in [1.29, 1.82) is 0 Å². The van der Waals surface area contributed by atoms with Crippen LogP contribution in [0.15, 0.2) is 48.7 Å². The van der Waals surface area contributed by atoms with Gasteiger partial charge in [0.05, 0.1) is 6.10 Å². The lowest BCUT2D eigenvalue weighted by molar-refractivity contribution is -0.0287. The molecule has 3 N–H and O–H groups in total. The molecule has 8 heteroatoms. The first kappa shape index (κ1) is 19.5. The van der Waals surface area contributed by atoms with Gasteiger partial charge in [-0.1, -0.05) is 18.2 Å². The van der Waals surface area contributed by atoms with Gasteiger partial charge in [-0.25, -0.2) is 0 Å². The lowest BCUT2D eigenvalue weighted by Crippen LogP contribution is -2.46. The molecule has 2 atom stereocenters. The highest BCUT2D eigenvalue weighted by Gasteiger charge is 2.22. The Morgan fingerprint density at radius 2 is 1.81 bits per heavy atom. The number of aliphatic hydroxyl groups is 1. The molecule has 0 aliphatic carbocycles. The number of rotatable bonds is 9. The topological polar surface area (TPSA) is 113 Å². The standard InChI is InChI=1S/C18H22N4O4/c1-2-26-16(12-20-18(25)14-9-6-10-21-22-14)15(23)11-19-17(24)13-7-4-3-5-8-13/h3-10,15-16,23H,2,11-12H2,1H3,(H,19,24)(H,20,25)/t15-,16+/m0/s1. The largest absolute Gasteiger partial charge is 0.388 e. The molecule has 0 aliphatic rings. The van der Waals surface area contributed by atoms with Crippen molar-refractivity contribution < 1.29 is 19.4 Å². The lowest BCUT2D eigenvalue weighted by atomic mass is 10.1. The first-order chi connectivity index (χ1) is 12.6. The van der Waals surface area contributed by atoms with Gasteiger partial charge in [0.1, 0.15) is 6.10 Å². The van der Waals surface area contributed by atoms with Crippen molar-refractivity contribution in [3.8, 4) is 0 Å². The van der Waals surface area contributed by atoms with Crippen molar-refractivity contribution in [2.75, 3.05) is 19.7 Å². The highest BCUT2D eigenvalue weighted by Crippen LogP contribution is 2.02. The predicted octanol–water partition coefficient (Wildman–Crippen LogP) is 0.402. The summed E-state index contributed by atoms with van der Waals surface area (Å²) in [6.07, 6.45) is -0.180. The van der Waals surface area contributed by atoms with Crippen LogP contribution in [-0.2, 0) is 4.74 Å². The number of benzene rings is 1. The van der Waals surface area contributed by atoms with Gasteiger partial charge in [0.2, 0.25) is 0 Å². The summed E-state index contributed by atoms with van der Waals surface area (Å²) in [5, 5.41) is 23.0. The van der Waals surface area contributed by atoms with Crippen LogP contribution in [-0.4, -0.2) is 59.0 Å². The zero-order valence-corrected chi connectivity index (χ0v) is 14.5. The van der Waals surface area contributed by atoms with E-state index < -0.39 is 18.1 Å². The molecule has 1 aromatic heterocycles. The molecule has 1 heterocycles. The van der Waals surface area contributed by atoms with Crippen LogP contribution in [0.4, 0.5) is 0 Å². The highest BCUT2D eigenvalue weighted by atomic mass is 16.5. The second kappa shape index (κ2) is 10.2. The Bertz CT molecular complexity index is 697. The number of aromatic nitrogens is 2. The van der Waals surface area contributed by atoms with Crippen LogP contribution in [0.25, 0.3) is 0 Å². The number of hydrogen-bond acceptors (Lipinski definition) is 6. The fraction of sp³-hybridized carbons (Fsp3) is 0.333. The van der Waals surface area contributed by atoms with E-state index in [-0.39, 0.29) is 24.7 Å². The summed E-state index contributed by atoms with van der Waals surface area (Å²) in [4.78, 5) is 24.0. The lowest BCUT2D eigenvalue weighted by Gasteiger charge is -2.23. The first-order valence-corrected chi connectivity index (χ1v) is 8.30. The van der Waals surface area contributed by atoms with E-state index in [2.05, 4.69) is 20.8 Å². The number of amides is 2. The van der Waals surface area contributed by atoms with Crippen molar-refractivity contribution >= 4 is 11.8 Å². The fourth-order valence-corrected chi connectivity index (χ4v) is 2.25. The van der Waals surface area contributed by atoms with Gasteiger partial charge in [-0.3, -0.25) is 9.59 Å². The third kappa shape index (κ3) is 5.91. The average Bonchev–Trinajstić information content (AvgIpc) is 2.70. The summed E-state index contributed by atoms with van der Waals surface area (Å²) < 4.78 is 5.48. The smallest absolute Gasteiger partial charge is 0.271 e. The Balaban J connectivity index is 1.85. The monoisotopic (exact) mass is 358 g/mol. The Morgan fingerprint density at radius 1 is 1.08 bits per heavy atom. The van der Waals surface area contributed by atoms with Crippen molar-refractivity contribution in [3.63, 3.8) is 0 Å². The van der Waals surface area contributed by atoms with Crippen molar-refractivity contribution in [2.24, 2.45) is 0 Å². The van der Waals surface area contributed by atoms with Crippen molar-refractivity contribution in [3.05, 3.63) is 59.9 Å². The van der Waals surface area contributed by atoms with Gasteiger partial charge < -0.3 is 20.5 Å². The van der Waals surface area contributed by atoms with Crippen LogP contribution in [0.2, 0.25) is 0 Å². The molecular weight excluding hydrogens is 336 g/mol. The van der Waals surface area contributed by atoms with Gasteiger partial charge in [0.25, 0.3) is 11.8 Å². The Labute approximate surface area is 151 Å². The van der Waals surface area contributed by atoms with Gasteiger partial charge in [-0.15, -0.1) is 5.10 Å². The van der Waals surface area contributed by atoms with E-state index in [1.165, 1.54) is 12.3 Å². The van der Waals surface area contributed by atoms with Gasteiger partial charge in [-0.2, -0.15) is 5.10 Å². The summed E-state index contributed by atoms with van der Waals surface area (Å²) in [5.74, 6) is -0.702. The molecule has 1 aromatic carbocycles. The molecule has 2 aromatic rings. The number of carbonyl (C=O) groups is 2. The molecule has 138 valence electrons. The van der Waals surface area contributed by atoms with Crippen molar-refractivity contribution in [2.45, 2.75) is 19.1 Å². The number of aliphatic hydroxyl groups excluding tert-OH is 1. The number of hydrogen-bond donors (Lipinski definition) is 3. The maximum Gasteiger partial charge on any atom is 0.271 e. The molecule has 0 fully saturated rings. The Morgan fingerprint density at radius 3 is 2.46 bits per heavy atom. The molecule has 0 unspecified atom stereocenters. The van der Waals surface area contributed by atoms with E-state index in [9.17, 15) is 14.7 Å². The van der Waals surface area contributed by atoms with Gasteiger partial charge in [0, 0.05) is 31.5 Å². The van der Waals surface area contributed by atoms with Crippen LogP contribution >= 0.6 is 0 Å². The summed E-state index contributed by atoms with van der Waals surface area (Å²) in [7, 11) is 0. The van der Waals surface area contributed by atoms with Gasteiger partial charge in [0.15, 0.2) is 5.69 Å². The Hall–Kier alpha value is -2.84. The predicted molar refractivity (Wildman–Crippen MR) is 94.6 cm³/mol. The summed E-state index contributed by atoms with van der Waals surface area (Å²) in [6, 6.07) is 11.8. The average molecular weight is 358 g/mol. The third-order valence-corrected chi connectivity index (χ3v) is 3.59. The molecule has 0 aliphatic heterocycles. The van der Waals surface area contributed by atoms with Gasteiger partial charge in [-0.05, 0) is 31.2 Å². The third-order valence-electron chi connectivity index (χ3n) is 3.59. The SMILES string of the molecule is CCO[C@H](CNC(=O)c1cccnn1)[C@@H](O)CNC(=O)c1ccccc1. The highest BCUT2D eigenvalue weighted by molar-refractivity contribution is 5.94.